The van der Waals surface area contributed by atoms with Crippen molar-refractivity contribution >= 4 is 5.78 Å². The Hall–Kier alpha value is -1.90. The fraction of sp³-hybridized carbons (Fsp3) is 0.619. The molecule has 140 valence electrons. The number of carbonyl (C=O) groups is 1. The van der Waals surface area contributed by atoms with Gasteiger partial charge in [-0.1, -0.05) is 20.8 Å². The molecular formula is C21H29N3O2. The Morgan fingerprint density at radius 2 is 1.69 bits per heavy atom. The molecular weight excluding hydrogens is 326 g/mol. The van der Waals surface area contributed by atoms with E-state index in [-0.39, 0.29) is 5.41 Å². The minimum absolute atomic E-state index is 0.244. The Morgan fingerprint density at radius 1 is 1.12 bits per heavy atom. The average molecular weight is 355 g/mol. The number of fused-ring (bicyclic) bond motifs is 1. The molecule has 2 atom stereocenters. The molecule has 5 nitrogen and oxygen atoms in total. The number of benzene rings is 1. The number of nitrogens with zero attached hydrogens (tertiary/aromatic N) is 3. The van der Waals surface area contributed by atoms with E-state index >= 15 is 0 Å². The first kappa shape index (κ1) is 18.9. The third-order valence-corrected chi connectivity index (χ3v) is 5.50. The summed E-state index contributed by atoms with van der Waals surface area (Å²) in [7, 11) is 0. The van der Waals surface area contributed by atoms with Crippen LogP contribution in [0.2, 0.25) is 0 Å². The fourth-order valence-electron chi connectivity index (χ4n) is 3.86. The number of rotatable bonds is 6. The van der Waals surface area contributed by atoms with Gasteiger partial charge in [-0.3, -0.25) is 14.6 Å². The summed E-state index contributed by atoms with van der Waals surface area (Å²) in [6.07, 6.45) is 0. The highest BCUT2D eigenvalue weighted by Gasteiger charge is 2.40. The van der Waals surface area contributed by atoms with Crippen molar-refractivity contribution in [2.24, 2.45) is 17.3 Å². The predicted molar refractivity (Wildman–Crippen MR) is 101 cm³/mol. The first-order valence-electron chi connectivity index (χ1n) is 9.46. The Morgan fingerprint density at radius 3 is 2.23 bits per heavy atom. The molecule has 1 aromatic rings. The van der Waals surface area contributed by atoms with Crippen molar-refractivity contribution in [1.82, 2.24) is 9.80 Å². The topological polar surface area (TPSA) is 56.6 Å². The van der Waals surface area contributed by atoms with Crippen molar-refractivity contribution in [1.29, 1.82) is 5.26 Å². The Labute approximate surface area is 156 Å². The van der Waals surface area contributed by atoms with Crippen LogP contribution < -0.4 is 4.74 Å². The summed E-state index contributed by atoms with van der Waals surface area (Å²) in [5.74, 6) is 2.51. The zero-order valence-electron chi connectivity index (χ0n) is 16.1. The average Bonchev–Trinajstić information content (AvgIpc) is 3.12. The number of ether oxygens (including phenoxy) is 1. The normalized spacial score (nSPS) is 23.6. The largest absolute Gasteiger partial charge is 0.492 e. The van der Waals surface area contributed by atoms with Crippen molar-refractivity contribution < 1.29 is 9.53 Å². The van der Waals surface area contributed by atoms with Gasteiger partial charge < -0.3 is 4.74 Å². The van der Waals surface area contributed by atoms with Crippen LogP contribution in [0.15, 0.2) is 24.3 Å². The van der Waals surface area contributed by atoms with Crippen LogP contribution in [-0.2, 0) is 4.79 Å². The highest BCUT2D eigenvalue weighted by molar-refractivity contribution is 5.85. The summed E-state index contributed by atoms with van der Waals surface area (Å²) in [6.45, 7) is 12.5. The van der Waals surface area contributed by atoms with Gasteiger partial charge in [-0.05, 0) is 36.1 Å². The first-order chi connectivity index (χ1) is 12.3. The maximum atomic E-state index is 12.2. The summed E-state index contributed by atoms with van der Waals surface area (Å²) in [5, 5.41) is 8.81. The van der Waals surface area contributed by atoms with Crippen molar-refractivity contribution in [2.45, 2.75) is 20.8 Å². The highest BCUT2D eigenvalue weighted by Crippen LogP contribution is 2.31. The molecule has 2 unspecified atom stereocenters. The molecule has 2 aliphatic heterocycles. The van der Waals surface area contributed by atoms with E-state index < -0.39 is 0 Å². The quantitative estimate of drug-likeness (QED) is 0.784. The van der Waals surface area contributed by atoms with Gasteiger partial charge in [-0.15, -0.1) is 0 Å². The molecule has 2 fully saturated rings. The van der Waals surface area contributed by atoms with Gasteiger partial charge in [-0.25, -0.2) is 0 Å². The predicted octanol–water partition coefficient (Wildman–Crippen LogP) is 2.42. The second-order valence-electron chi connectivity index (χ2n) is 8.63. The van der Waals surface area contributed by atoms with Gasteiger partial charge in [0.2, 0.25) is 0 Å². The minimum atomic E-state index is -0.244. The second kappa shape index (κ2) is 7.77. The van der Waals surface area contributed by atoms with Crippen LogP contribution in [0.5, 0.6) is 5.75 Å². The van der Waals surface area contributed by atoms with Crippen LogP contribution in [-0.4, -0.2) is 61.5 Å². The van der Waals surface area contributed by atoms with Crippen molar-refractivity contribution in [3.63, 3.8) is 0 Å². The fourth-order valence-corrected chi connectivity index (χ4v) is 3.86. The summed E-state index contributed by atoms with van der Waals surface area (Å²) >= 11 is 0. The third-order valence-electron chi connectivity index (χ3n) is 5.50. The highest BCUT2D eigenvalue weighted by atomic mass is 16.5. The maximum Gasteiger partial charge on any atom is 0.152 e. The molecule has 0 aliphatic carbocycles. The molecule has 26 heavy (non-hydrogen) atoms. The Kier molecular flexibility index (Phi) is 5.64. The molecule has 0 saturated carbocycles. The molecule has 0 radical (unpaired) electrons. The van der Waals surface area contributed by atoms with Crippen LogP contribution in [0.1, 0.15) is 26.3 Å². The first-order valence-corrected chi connectivity index (χ1v) is 9.46. The monoisotopic (exact) mass is 355 g/mol. The van der Waals surface area contributed by atoms with Crippen LogP contribution in [0.4, 0.5) is 0 Å². The molecule has 1 aromatic carbocycles. The molecule has 2 heterocycles. The number of nitriles is 1. The lowest BCUT2D eigenvalue weighted by atomic mass is 9.90. The zero-order chi connectivity index (χ0) is 18.7. The van der Waals surface area contributed by atoms with Crippen LogP contribution in [0, 0.1) is 28.6 Å². The molecule has 0 aromatic heterocycles. The second-order valence-corrected chi connectivity index (χ2v) is 8.63. The zero-order valence-corrected chi connectivity index (χ0v) is 16.1. The third kappa shape index (κ3) is 4.63. The number of Topliss-reactive ketones (excluding diaryl/α,β-unsaturated/α-hetero) is 1. The lowest BCUT2D eigenvalue weighted by Crippen LogP contribution is -2.37. The number of hydrogen-bond donors (Lipinski definition) is 0. The van der Waals surface area contributed by atoms with E-state index in [1.807, 2.05) is 32.9 Å². The standard InChI is InChI=1S/C21H29N3O2/c1-21(2,3)20(25)15-24-13-17-11-23(12-18(17)14-24)8-9-26-19-6-4-16(10-22)5-7-19/h4-7,17-18H,8-9,11-15H2,1-3H3. The molecule has 5 heteroatoms. The minimum Gasteiger partial charge on any atom is -0.492 e. The van der Waals surface area contributed by atoms with E-state index in [0.717, 1.165) is 38.5 Å². The number of ketones is 1. The van der Waals surface area contributed by atoms with Gasteiger partial charge >= 0.3 is 0 Å². The smallest absolute Gasteiger partial charge is 0.152 e. The molecule has 0 spiro atoms. The van der Waals surface area contributed by atoms with E-state index in [1.165, 1.54) is 0 Å². The summed E-state index contributed by atoms with van der Waals surface area (Å²) < 4.78 is 5.79. The summed E-state index contributed by atoms with van der Waals surface area (Å²) in [4.78, 5) is 17.0. The lowest BCUT2D eigenvalue weighted by Gasteiger charge is -2.24. The Balaban J connectivity index is 1.38. The molecule has 0 amide bonds. The van der Waals surface area contributed by atoms with Crippen LogP contribution in [0.3, 0.4) is 0 Å². The van der Waals surface area contributed by atoms with E-state index in [9.17, 15) is 4.79 Å². The van der Waals surface area contributed by atoms with E-state index in [1.54, 1.807) is 12.1 Å². The molecule has 0 N–H and O–H groups in total. The molecule has 2 saturated heterocycles. The van der Waals surface area contributed by atoms with Gasteiger partial charge in [-0.2, -0.15) is 5.26 Å². The summed E-state index contributed by atoms with van der Waals surface area (Å²) in [6, 6.07) is 9.37. The van der Waals surface area contributed by atoms with Gasteiger partial charge in [0, 0.05) is 38.1 Å². The summed E-state index contributed by atoms with van der Waals surface area (Å²) in [5.41, 5.74) is 0.409. The molecule has 0 bridgehead atoms. The molecule has 2 aliphatic rings. The van der Waals surface area contributed by atoms with Gasteiger partial charge in [0.1, 0.15) is 12.4 Å². The van der Waals surface area contributed by atoms with Crippen molar-refractivity contribution in [2.75, 3.05) is 45.9 Å². The van der Waals surface area contributed by atoms with Crippen molar-refractivity contribution in [3.8, 4) is 11.8 Å². The van der Waals surface area contributed by atoms with E-state index in [0.29, 0.717) is 36.3 Å². The number of hydrogen-bond acceptors (Lipinski definition) is 5. The van der Waals surface area contributed by atoms with Gasteiger partial charge in [0.15, 0.2) is 5.78 Å². The van der Waals surface area contributed by atoms with Crippen LogP contribution in [0.25, 0.3) is 0 Å². The van der Waals surface area contributed by atoms with Crippen molar-refractivity contribution in [3.05, 3.63) is 29.8 Å². The lowest BCUT2D eigenvalue weighted by molar-refractivity contribution is -0.127. The van der Waals surface area contributed by atoms with Crippen LogP contribution >= 0.6 is 0 Å². The SMILES string of the molecule is CC(C)(C)C(=O)CN1CC2CN(CCOc3ccc(C#N)cc3)CC2C1. The van der Waals surface area contributed by atoms with E-state index in [4.69, 9.17) is 10.00 Å². The molecule has 3 rings (SSSR count). The van der Waals surface area contributed by atoms with E-state index in [2.05, 4.69) is 15.9 Å². The van der Waals surface area contributed by atoms with Gasteiger partial charge in [0.05, 0.1) is 18.2 Å². The number of carbonyl (C=O) groups excluding carboxylic acids is 1. The maximum absolute atomic E-state index is 12.2. The number of likely N-dealkylation sites (tertiary alicyclic amines) is 2. The Bertz CT molecular complexity index is 658. The van der Waals surface area contributed by atoms with Gasteiger partial charge in [0.25, 0.3) is 0 Å².